The summed E-state index contributed by atoms with van der Waals surface area (Å²) in [6.07, 6.45) is 0. The molecule has 0 unspecified atom stereocenters. The van der Waals surface area contributed by atoms with Crippen LogP contribution in [-0.4, -0.2) is 0 Å². The van der Waals surface area contributed by atoms with Gasteiger partial charge in [-0.2, -0.15) is 0 Å². The van der Waals surface area contributed by atoms with Crippen molar-refractivity contribution in [3.8, 4) is 5.75 Å². The third kappa shape index (κ3) is 2.90. The fraction of sp³-hybridized carbons (Fsp3) is 0.0769. The Morgan fingerprint density at radius 2 is 1.89 bits per heavy atom. The smallest absolute Gasteiger partial charge is 0.149 e. The summed E-state index contributed by atoms with van der Waals surface area (Å²) < 4.78 is 31.3. The molecule has 0 heterocycles. The summed E-state index contributed by atoms with van der Waals surface area (Å²) in [4.78, 5) is 0. The van der Waals surface area contributed by atoms with Crippen LogP contribution in [0.15, 0.2) is 36.4 Å². The van der Waals surface area contributed by atoms with Crippen molar-refractivity contribution in [1.29, 1.82) is 0 Å². The molecule has 0 saturated heterocycles. The number of ether oxygens (including phenoxy) is 1. The van der Waals surface area contributed by atoms with E-state index >= 15 is 0 Å². The first-order valence-corrected chi connectivity index (χ1v) is 5.56. The highest BCUT2D eigenvalue weighted by atomic mass is 35.5. The molecule has 5 heteroatoms. The van der Waals surface area contributed by atoms with Gasteiger partial charge in [0.05, 0.1) is 10.7 Å². The lowest BCUT2D eigenvalue weighted by Crippen LogP contribution is -1.98. The predicted molar refractivity (Wildman–Crippen MR) is 66.6 cm³/mol. The van der Waals surface area contributed by atoms with Crippen molar-refractivity contribution in [2.24, 2.45) is 0 Å². The summed E-state index contributed by atoms with van der Waals surface area (Å²) in [6.45, 7) is 0.127. The maximum atomic E-state index is 13.2. The zero-order chi connectivity index (χ0) is 13.1. The highest BCUT2D eigenvalue weighted by Crippen LogP contribution is 2.22. The van der Waals surface area contributed by atoms with Crippen molar-refractivity contribution in [3.05, 3.63) is 58.6 Å². The van der Waals surface area contributed by atoms with Gasteiger partial charge in [0, 0.05) is 11.6 Å². The largest absolute Gasteiger partial charge is 0.489 e. The average Bonchev–Trinajstić information content (AvgIpc) is 2.32. The Hall–Kier alpha value is -1.81. The Bertz CT molecular complexity index is 575. The van der Waals surface area contributed by atoms with E-state index in [1.54, 1.807) is 6.07 Å². The van der Waals surface area contributed by atoms with Gasteiger partial charge in [-0.3, -0.25) is 0 Å². The van der Waals surface area contributed by atoms with Crippen molar-refractivity contribution in [2.75, 3.05) is 5.73 Å². The molecule has 2 aromatic rings. The van der Waals surface area contributed by atoms with E-state index in [1.165, 1.54) is 30.3 Å². The van der Waals surface area contributed by atoms with E-state index in [2.05, 4.69) is 0 Å². The van der Waals surface area contributed by atoms with Crippen molar-refractivity contribution in [1.82, 2.24) is 0 Å². The van der Waals surface area contributed by atoms with Crippen LogP contribution < -0.4 is 10.5 Å². The van der Waals surface area contributed by atoms with Gasteiger partial charge in [0.1, 0.15) is 24.0 Å². The second-order valence-corrected chi connectivity index (χ2v) is 4.11. The maximum Gasteiger partial charge on any atom is 0.149 e. The van der Waals surface area contributed by atoms with Gasteiger partial charge in [0.2, 0.25) is 0 Å². The molecule has 0 aliphatic heterocycles. The molecule has 0 saturated carbocycles. The molecule has 2 aromatic carbocycles. The summed E-state index contributed by atoms with van der Waals surface area (Å²) in [5.74, 6) is -0.623. The Labute approximate surface area is 108 Å². The number of halogens is 3. The highest BCUT2D eigenvalue weighted by molar-refractivity contribution is 6.31. The summed E-state index contributed by atoms with van der Waals surface area (Å²) in [5.41, 5.74) is 6.02. The number of nitrogen functional groups attached to an aromatic ring is 1. The molecule has 2 N–H and O–H groups in total. The number of rotatable bonds is 3. The van der Waals surface area contributed by atoms with Crippen molar-refractivity contribution in [3.63, 3.8) is 0 Å². The minimum Gasteiger partial charge on any atom is -0.489 e. The molecule has 0 aliphatic rings. The fourth-order valence-corrected chi connectivity index (χ4v) is 1.62. The first kappa shape index (κ1) is 12.6. The van der Waals surface area contributed by atoms with Gasteiger partial charge < -0.3 is 10.5 Å². The van der Waals surface area contributed by atoms with Crippen LogP contribution in [0.3, 0.4) is 0 Å². The molecule has 0 radical (unpaired) electrons. The molecule has 0 aliphatic carbocycles. The van der Waals surface area contributed by atoms with E-state index in [0.29, 0.717) is 11.3 Å². The summed E-state index contributed by atoms with van der Waals surface area (Å²) >= 11 is 5.84. The number of hydrogen-bond acceptors (Lipinski definition) is 2. The van der Waals surface area contributed by atoms with Crippen LogP contribution in [0.5, 0.6) is 5.75 Å². The molecule has 0 fully saturated rings. The minimum absolute atomic E-state index is 0.0576. The van der Waals surface area contributed by atoms with Crippen molar-refractivity contribution >= 4 is 17.3 Å². The zero-order valence-corrected chi connectivity index (χ0v) is 10.0. The van der Waals surface area contributed by atoms with E-state index in [1.807, 2.05) is 0 Å². The van der Waals surface area contributed by atoms with Crippen LogP contribution in [0.25, 0.3) is 0 Å². The van der Waals surface area contributed by atoms with E-state index in [9.17, 15) is 8.78 Å². The molecule has 94 valence electrons. The normalized spacial score (nSPS) is 10.4. The molecule has 18 heavy (non-hydrogen) atoms. The SMILES string of the molecule is Nc1ccc(OCc2ccc(F)cc2Cl)cc1F. The standard InChI is InChI=1S/C13H10ClF2NO/c14-11-5-9(15)2-1-8(11)7-18-10-3-4-13(17)12(16)6-10/h1-6H,7,17H2. The second kappa shape index (κ2) is 5.23. The van der Waals surface area contributed by atoms with E-state index < -0.39 is 11.6 Å². The molecular formula is C13H10ClF2NO. The Morgan fingerprint density at radius 1 is 1.11 bits per heavy atom. The van der Waals surface area contributed by atoms with Gasteiger partial charge in [-0.25, -0.2) is 8.78 Å². The maximum absolute atomic E-state index is 13.2. The quantitative estimate of drug-likeness (QED) is 0.861. The van der Waals surface area contributed by atoms with Gasteiger partial charge in [-0.15, -0.1) is 0 Å². The van der Waals surface area contributed by atoms with Crippen LogP contribution in [0.2, 0.25) is 5.02 Å². The molecular weight excluding hydrogens is 260 g/mol. The lowest BCUT2D eigenvalue weighted by molar-refractivity contribution is 0.304. The Kier molecular flexibility index (Phi) is 3.67. The van der Waals surface area contributed by atoms with Gasteiger partial charge >= 0.3 is 0 Å². The van der Waals surface area contributed by atoms with Gasteiger partial charge in [0.25, 0.3) is 0 Å². The third-order valence-corrected chi connectivity index (χ3v) is 2.73. The summed E-state index contributed by atoms with van der Waals surface area (Å²) in [6, 6.07) is 8.16. The van der Waals surface area contributed by atoms with Gasteiger partial charge in [-0.1, -0.05) is 17.7 Å². The van der Waals surface area contributed by atoms with Gasteiger partial charge in [-0.05, 0) is 24.3 Å². The van der Waals surface area contributed by atoms with Crippen LogP contribution in [-0.2, 0) is 6.61 Å². The second-order valence-electron chi connectivity index (χ2n) is 3.71. The van der Waals surface area contributed by atoms with Gasteiger partial charge in [0.15, 0.2) is 0 Å². The molecule has 0 amide bonds. The van der Waals surface area contributed by atoms with Crippen LogP contribution >= 0.6 is 11.6 Å². The molecule has 0 bridgehead atoms. The van der Waals surface area contributed by atoms with E-state index in [0.717, 1.165) is 0 Å². The molecule has 0 spiro atoms. The first-order valence-electron chi connectivity index (χ1n) is 5.18. The van der Waals surface area contributed by atoms with Crippen LogP contribution in [0, 0.1) is 11.6 Å². The summed E-state index contributed by atoms with van der Waals surface area (Å²) in [7, 11) is 0. The van der Waals surface area contributed by atoms with Crippen molar-refractivity contribution < 1.29 is 13.5 Å². The minimum atomic E-state index is -0.544. The number of benzene rings is 2. The lowest BCUT2D eigenvalue weighted by atomic mass is 10.2. The van der Waals surface area contributed by atoms with Crippen molar-refractivity contribution in [2.45, 2.75) is 6.61 Å². The number of nitrogens with two attached hydrogens (primary N) is 1. The molecule has 2 rings (SSSR count). The lowest BCUT2D eigenvalue weighted by Gasteiger charge is -2.08. The zero-order valence-electron chi connectivity index (χ0n) is 9.29. The van der Waals surface area contributed by atoms with E-state index in [-0.39, 0.29) is 17.3 Å². The van der Waals surface area contributed by atoms with Crippen LogP contribution in [0.4, 0.5) is 14.5 Å². The van der Waals surface area contributed by atoms with Crippen LogP contribution in [0.1, 0.15) is 5.56 Å². The first-order chi connectivity index (χ1) is 8.56. The topological polar surface area (TPSA) is 35.2 Å². The Balaban J connectivity index is 2.09. The molecule has 0 atom stereocenters. The number of hydrogen-bond donors (Lipinski definition) is 1. The third-order valence-electron chi connectivity index (χ3n) is 2.38. The molecule has 2 nitrogen and oxygen atoms in total. The predicted octanol–water partition coefficient (Wildman–Crippen LogP) is 3.78. The fourth-order valence-electron chi connectivity index (χ4n) is 1.40. The number of anilines is 1. The average molecular weight is 270 g/mol. The summed E-state index contributed by atoms with van der Waals surface area (Å²) in [5, 5.41) is 0.269. The molecule has 0 aromatic heterocycles. The monoisotopic (exact) mass is 269 g/mol. The van der Waals surface area contributed by atoms with E-state index in [4.69, 9.17) is 22.1 Å². The highest BCUT2D eigenvalue weighted by Gasteiger charge is 2.05. The Morgan fingerprint density at radius 3 is 2.56 bits per heavy atom.